The molecular formula is C20H22N2O4. The average molecular weight is 354 g/mol. The summed E-state index contributed by atoms with van der Waals surface area (Å²) in [6, 6.07) is 14.7. The molecule has 1 heterocycles. The molecule has 136 valence electrons. The highest BCUT2D eigenvalue weighted by Crippen LogP contribution is 2.25. The van der Waals surface area contributed by atoms with Crippen molar-refractivity contribution in [1.82, 2.24) is 4.90 Å². The molecule has 3 N–H and O–H groups in total. The van der Waals surface area contributed by atoms with Crippen LogP contribution in [0, 0.1) is 0 Å². The molecule has 0 unspecified atom stereocenters. The summed E-state index contributed by atoms with van der Waals surface area (Å²) in [6.07, 6.45) is 1.13. The summed E-state index contributed by atoms with van der Waals surface area (Å²) in [4.78, 5) is 25.1. The van der Waals surface area contributed by atoms with Crippen LogP contribution < -0.4 is 10.5 Å². The predicted molar refractivity (Wildman–Crippen MR) is 97.7 cm³/mol. The van der Waals surface area contributed by atoms with Gasteiger partial charge in [-0.25, -0.2) is 0 Å². The first-order valence-electron chi connectivity index (χ1n) is 8.62. The number of β-amino-alcohol motifs (C(OH)–C–C–N with tert-alkyl or cyclic N) is 1. The zero-order valence-corrected chi connectivity index (χ0v) is 14.4. The van der Waals surface area contributed by atoms with Gasteiger partial charge in [0.2, 0.25) is 0 Å². The summed E-state index contributed by atoms with van der Waals surface area (Å²) in [7, 11) is 0. The van der Waals surface area contributed by atoms with Gasteiger partial charge in [-0.15, -0.1) is 0 Å². The van der Waals surface area contributed by atoms with Crippen molar-refractivity contribution in [2.75, 3.05) is 19.7 Å². The molecule has 6 heteroatoms. The zero-order valence-electron chi connectivity index (χ0n) is 14.4. The van der Waals surface area contributed by atoms with Gasteiger partial charge < -0.3 is 20.5 Å². The Morgan fingerprint density at radius 1 is 1.15 bits per heavy atom. The van der Waals surface area contributed by atoms with E-state index in [0.29, 0.717) is 24.4 Å². The van der Waals surface area contributed by atoms with Crippen LogP contribution in [0.4, 0.5) is 0 Å². The van der Waals surface area contributed by atoms with Crippen LogP contribution in [0.15, 0.2) is 48.5 Å². The number of primary amides is 1. The van der Waals surface area contributed by atoms with Gasteiger partial charge in [0.05, 0.1) is 6.10 Å². The van der Waals surface area contributed by atoms with Crippen LogP contribution in [0.5, 0.6) is 5.75 Å². The van der Waals surface area contributed by atoms with Crippen molar-refractivity contribution in [2.45, 2.75) is 18.9 Å². The number of carbonyl (C=O) groups excluding carboxylic acids is 2. The Balaban J connectivity index is 1.72. The number of likely N-dealkylation sites (tertiary alicyclic amines) is 1. The second-order valence-electron chi connectivity index (χ2n) is 6.41. The number of amides is 2. The minimum absolute atomic E-state index is 0.0613. The molecule has 6 nitrogen and oxygen atoms in total. The van der Waals surface area contributed by atoms with Gasteiger partial charge in [-0.1, -0.05) is 24.3 Å². The van der Waals surface area contributed by atoms with Gasteiger partial charge in [-0.05, 0) is 48.2 Å². The molecule has 3 rings (SSSR count). The lowest BCUT2D eigenvalue weighted by atomic mass is 10.0. The van der Waals surface area contributed by atoms with E-state index in [0.717, 1.165) is 24.0 Å². The molecule has 0 bridgehead atoms. The maximum absolute atomic E-state index is 12.5. The standard InChI is InChI=1S/C20H22N2O4/c21-19(24)13-26-18-5-1-3-16(11-18)14-6-8-15(9-7-14)20(25)22-10-2-4-17(23)12-22/h1,3,5-9,11,17,23H,2,4,10,12-13H2,(H2,21,24)/t17-/m1/s1. The van der Waals surface area contributed by atoms with Crippen molar-refractivity contribution in [1.29, 1.82) is 0 Å². The average Bonchev–Trinajstić information content (AvgIpc) is 2.66. The van der Waals surface area contributed by atoms with E-state index in [1.165, 1.54) is 0 Å². The molecule has 2 aromatic rings. The first-order chi connectivity index (χ1) is 12.5. The van der Waals surface area contributed by atoms with E-state index < -0.39 is 12.0 Å². The second-order valence-corrected chi connectivity index (χ2v) is 6.41. The molecule has 0 aliphatic carbocycles. The lowest BCUT2D eigenvalue weighted by Crippen LogP contribution is -2.42. The van der Waals surface area contributed by atoms with E-state index in [9.17, 15) is 14.7 Å². The van der Waals surface area contributed by atoms with Gasteiger partial charge in [-0.3, -0.25) is 9.59 Å². The van der Waals surface area contributed by atoms with Crippen molar-refractivity contribution in [2.24, 2.45) is 5.73 Å². The molecule has 0 spiro atoms. The van der Waals surface area contributed by atoms with Gasteiger partial charge >= 0.3 is 0 Å². The second kappa shape index (κ2) is 8.01. The summed E-state index contributed by atoms with van der Waals surface area (Å²) in [5.74, 6) is -0.0290. The van der Waals surface area contributed by atoms with Gasteiger partial charge in [-0.2, -0.15) is 0 Å². The molecule has 26 heavy (non-hydrogen) atoms. The summed E-state index contributed by atoms with van der Waals surface area (Å²) in [5.41, 5.74) is 7.54. The van der Waals surface area contributed by atoms with Gasteiger partial charge in [0.25, 0.3) is 11.8 Å². The zero-order chi connectivity index (χ0) is 18.5. The largest absolute Gasteiger partial charge is 0.484 e. The van der Waals surface area contributed by atoms with Crippen molar-refractivity contribution in [3.63, 3.8) is 0 Å². The summed E-state index contributed by atoms with van der Waals surface area (Å²) < 4.78 is 5.32. The van der Waals surface area contributed by atoms with Crippen molar-refractivity contribution < 1.29 is 19.4 Å². The number of aliphatic hydroxyl groups is 1. The Hall–Kier alpha value is -2.86. The number of hydrogen-bond acceptors (Lipinski definition) is 4. The molecule has 2 aromatic carbocycles. The van der Waals surface area contributed by atoms with Crippen LogP contribution >= 0.6 is 0 Å². The fraction of sp³-hybridized carbons (Fsp3) is 0.300. The van der Waals surface area contributed by atoms with Crippen molar-refractivity contribution in [3.05, 3.63) is 54.1 Å². The number of piperidine rings is 1. The molecule has 1 saturated heterocycles. The minimum Gasteiger partial charge on any atom is -0.484 e. The summed E-state index contributed by atoms with van der Waals surface area (Å²) in [6.45, 7) is 0.898. The van der Waals surface area contributed by atoms with E-state index in [2.05, 4.69) is 0 Å². The van der Waals surface area contributed by atoms with Crippen LogP contribution in [0.1, 0.15) is 23.2 Å². The molecule has 1 aliphatic rings. The SMILES string of the molecule is NC(=O)COc1cccc(-c2ccc(C(=O)N3CCC[C@@H](O)C3)cc2)c1. The highest BCUT2D eigenvalue weighted by molar-refractivity contribution is 5.94. The summed E-state index contributed by atoms with van der Waals surface area (Å²) in [5, 5.41) is 9.74. The van der Waals surface area contributed by atoms with E-state index in [-0.39, 0.29) is 12.5 Å². The number of rotatable bonds is 5. The molecule has 0 saturated carbocycles. The Bertz CT molecular complexity index is 789. The highest BCUT2D eigenvalue weighted by atomic mass is 16.5. The first-order valence-corrected chi connectivity index (χ1v) is 8.62. The summed E-state index contributed by atoms with van der Waals surface area (Å²) >= 11 is 0. The minimum atomic E-state index is -0.527. The third-order valence-electron chi connectivity index (χ3n) is 4.36. The molecule has 1 aliphatic heterocycles. The van der Waals surface area contributed by atoms with Crippen LogP contribution in [-0.4, -0.2) is 47.6 Å². The van der Waals surface area contributed by atoms with Gasteiger partial charge in [0.1, 0.15) is 5.75 Å². The number of carbonyl (C=O) groups is 2. The molecule has 1 fully saturated rings. The lowest BCUT2D eigenvalue weighted by molar-refractivity contribution is -0.119. The van der Waals surface area contributed by atoms with Gasteiger partial charge in [0, 0.05) is 18.7 Å². The Labute approximate surface area is 152 Å². The molecule has 0 aromatic heterocycles. The Morgan fingerprint density at radius 3 is 2.62 bits per heavy atom. The monoisotopic (exact) mass is 354 g/mol. The molecular weight excluding hydrogens is 332 g/mol. The number of aliphatic hydroxyl groups excluding tert-OH is 1. The van der Waals surface area contributed by atoms with Crippen LogP contribution in [0.2, 0.25) is 0 Å². The number of nitrogens with two attached hydrogens (primary N) is 1. The van der Waals surface area contributed by atoms with Crippen molar-refractivity contribution in [3.8, 4) is 16.9 Å². The third-order valence-corrected chi connectivity index (χ3v) is 4.36. The van der Waals surface area contributed by atoms with Crippen LogP contribution in [-0.2, 0) is 4.79 Å². The van der Waals surface area contributed by atoms with E-state index in [4.69, 9.17) is 10.5 Å². The maximum atomic E-state index is 12.5. The first kappa shape index (κ1) is 17.9. The molecule has 1 atom stereocenters. The fourth-order valence-electron chi connectivity index (χ4n) is 3.05. The lowest BCUT2D eigenvalue weighted by Gasteiger charge is -2.30. The Morgan fingerprint density at radius 2 is 1.92 bits per heavy atom. The quantitative estimate of drug-likeness (QED) is 0.856. The number of ether oxygens (including phenoxy) is 1. The van der Waals surface area contributed by atoms with E-state index in [1.54, 1.807) is 23.1 Å². The highest BCUT2D eigenvalue weighted by Gasteiger charge is 2.22. The molecule has 0 radical (unpaired) electrons. The smallest absolute Gasteiger partial charge is 0.255 e. The molecule has 2 amide bonds. The maximum Gasteiger partial charge on any atom is 0.255 e. The number of nitrogens with zero attached hydrogens (tertiary/aromatic N) is 1. The fourth-order valence-corrected chi connectivity index (χ4v) is 3.05. The van der Waals surface area contributed by atoms with E-state index in [1.807, 2.05) is 30.3 Å². The van der Waals surface area contributed by atoms with Crippen LogP contribution in [0.25, 0.3) is 11.1 Å². The van der Waals surface area contributed by atoms with Crippen molar-refractivity contribution >= 4 is 11.8 Å². The Kier molecular flexibility index (Phi) is 5.53. The number of benzene rings is 2. The van der Waals surface area contributed by atoms with Gasteiger partial charge in [0.15, 0.2) is 6.61 Å². The normalized spacial score (nSPS) is 17.0. The predicted octanol–water partition coefficient (Wildman–Crippen LogP) is 1.81. The van der Waals surface area contributed by atoms with Crippen LogP contribution in [0.3, 0.4) is 0 Å². The topological polar surface area (TPSA) is 92.9 Å². The number of hydrogen-bond donors (Lipinski definition) is 2. The van der Waals surface area contributed by atoms with E-state index >= 15 is 0 Å². The third kappa shape index (κ3) is 4.40.